The standard InChI is InChI=1S/C21H23ClN2O3/c1-24-10-13-27-19-7-6-15(14-18(19)24)23-20(25)21(8-11-26-12-9-21)16-4-2-3-5-17(16)22/h2-7,14H,8-13H2,1H3,(H,23,25). The lowest BCUT2D eigenvalue weighted by molar-refractivity contribution is -0.125. The van der Waals surface area contributed by atoms with E-state index in [0.717, 1.165) is 29.2 Å². The Bertz CT molecular complexity index is 849. The van der Waals surface area contributed by atoms with Gasteiger partial charge in [-0.25, -0.2) is 0 Å². The summed E-state index contributed by atoms with van der Waals surface area (Å²) >= 11 is 6.46. The molecule has 1 amide bonds. The van der Waals surface area contributed by atoms with Crippen LogP contribution < -0.4 is 15.0 Å². The number of hydrogen-bond donors (Lipinski definition) is 1. The van der Waals surface area contributed by atoms with Crippen molar-refractivity contribution in [1.82, 2.24) is 0 Å². The second kappa shape index (κ2) is 7.41. The minimum Gasteiger partial charge on any atom is -0.490 e. The second-order valence-electron chi connectivity index (χ2n) is 7.08. The SMILES string of the molecule is CN1CCOc2ccc(NC(=O)C3(c4ccccc4Cl)CCOCC3)cc21. The number of nitrogens with zero attached hydrogens (tertiary/aromatic N) is 1. The van der Waals surface area contributed by atoms with Gasteiger partial charge in [-0.1, -0.05) is 29.8 Å². The molecule has 27 heavy (non-hydrogen) atoms. The molecule has 2 aliphatic rings. The number of likely N-dealkylation sites (N-methyl/N-ethyl adjacent to an activating group) is 1. The van der Waals surface area contributed by atoms with E-state index in [1.807, 2.05) is 49.5 Å². The molecule has 0 saturated carbocycles. The van der Waals surface area contributed by atoms with E-state index in [9.17, 15) is 4.79 Å². The molecule has 1 fully saturated rings. The molecule has 1 saturated heterocycles. The molecule has 2 aliphatic heterocycles. The summed E-state index contributed by atoms with van der Waals surface area (Å²) in [5, 5.41) is 3.73. The van der Waals surface area contributed by atoms with Gasteiger partial charge in [-0.2, -0.15) is 0 Å². The van der Waals surface area contributed by atoms with Crippen LogP contribution in [0.2, 0.25) is 5.02 Å². The molecule has 5 nitrogen and oxygen atoms in total. The van der Waals surface area contributed by atoms with E-state index in [-0.39, 0.29) is 5.91 Å². The first kappa shape index (κ1) is 18.1. The van der Waals surface area contributed by atoms with Crippen LogP contribution in [0.4, 0.5) is 11.4 Å². The maximum absolute atomic E-state index is 13.4. The molecule has 0 atom stereocenters. The summed E-state index contributed by atoms with van der Waals surface area (Å²) < 4.78 is 11.2. The highest BCUT2D eigenvalue weighted by molar-refractivity contribution is 6.31. The number of carbonyl (C=O) groups is 1. The average molecular weight is 387 g/mol. The monoisotopic (exact) mass is 386 g/mol. The van der Waals surface area contributed by atoms with Gasteiger partial charge in [0.05, 0.1) is 17.6 Å². The molecule has 2 aromatic rings. The molecule has 0 bridgehead atoms. The Morgan fingerprint density at radius 2 is 1.93 bits per heavy atom. The minimum atomic E-state index is -0.686. The molecule has 0 aliphatic carbocycles. The van der Waals surface area contributed by atoms with E-state index in [1.54, 1.807) is 0 Å². The van der Waals surface area contributed by atoms with E-state index in [0.29, 0.717) is 37.7 Å². The predicted molar refractivity (Wildman–Crippen MR) is 107 cm³/mol. The highest BCUT2D eigenvalue weighted by atomic mass is 35.5. The minimum absolute atomic E-state index is 0.0433. The summed E-state index contributed by atoms with van der Waals surface area (Å²) in [4.78, 5) is 15.6. The summed E-state index contributed by atoms with van der Waals surface area (Å²) in [6.45, 7) is 2.58. The Kier molecular flexibility index (Phi) is 4.98. The van der Waals surface area contributed by atoms with Crippen molar-refractivity contribution in [3.05, 3.63) is 53.1 Å². The van der Waals surface area contributed by atoms with Crippen LogP contribution in [0.15, 0.2) is 42.5 Å². The van der Waals surface area contributed by atoms with E-state index in [1.165, 1.54) is 0 Å². The number of nitrogens with one attached hydrogen (secondary N) is 1. The lowest BCUT2D eigenvalue weighted by atomic mass is 9.73. The molecule has 0 aromatic heterocycles. The van der Waals surface area contributed by atoms with E-state index >= 15 is 0 Å². The van der Waals surface area contributed by atoms with E-state index < -0.39 is 5.41 Å². The largest absolute Gasteiger partial charge is 0.490 e. The fraction of sp³-hybridized carbons (Fsp3) is 0.381. The first-order valence-electron chi connectivity index (χ1n) is 9.22. The van der Waals surface area contributed by atoms with Gasteiger partial charge in [0.15, 0.2) is 0 Å². The maximum atomic E-state index is 13.4. The van der Waals surface area contributed by atoms with Crippen LogP contribution in [0, 0.1) is 0 Å². The van der Waals surface area contributed by atoms with Crippen molar-refractivity contribution in [3.8, 4) is 5.75 Å². The third kappa shape index (κ3) is 3.37. The van der Waals surface area contributed by atoms with Crippen LogP contribution in [0.5, 0.6) is 5.75 Å². The van der Waals surface area contributed by atoms with Gasteiger partial charge in [0.25, 0.3) is 0 Å². The highest BCUT2D eigenvalue weighted by Crippen LogP contribution is 2.40. The number of halogens is 1. The molecular weight excluding hydrogens is 364 g/mol. The number of anilines is 2. The van der Waals surface area contributed by atoms with Crippen molar-refractivity contribution >= 4 is 28.9 Å². The number of hydrogen-bond acceptors (Lipinski definition) is 4. The molecule has 1 N–H and O–H groups in total. The Morgan fingerprint density at radius 3 is 2.70 bits per heavy atom. The fourth-order valence-electron chi connectivity index (χ4n) is 3.87. The number of ether oxygens (including phenoxy) is 2. The van der Waals surface area contributed by atoms with Gasteiger partial charge in [0, 0.05) is 31.0 Å². The molecular formula is C21H23ClN2O3. The summed E-state index contributed by atoms with van der Waals surface area (Å²) in [6, 6.07) is 13.4. The summed E-state index contributed by atoms with van der Waals surface area (Å²) in [5.74, 6) is 0.798. The van der Waals surface area contributed by atoms with Gasteiger partial charge in [-0.3, -0.25) is 4.79 Å². The predicted octanol–water partition coefficient (Wildman–Crippen LogP) is 3.86. The summed E-state index contributed by atoms with van der Waals surface area (Å²) in [6.07, 6.45) is 1.22. The zero-order valence-corrected chi connectivity index (χ0v) is 16.1. The molecule has 0 spiro atoms. The molecule has 4 rings (SSSR count). The molecule has 0 radical (unpaired) electrons. The lowest BCUT2D eigenvalue weighted by Gasteiger charge is -2.37. The van der Waals surface area contributed by atoms with Crippen molar-refractivity contribution in [2.45, 2.75) is 18.3 Å². The summed E-state index contributed by atoms with van der Waals surface area (Å²) in [7, 11) is 2.02. The smallest absolute Gasteiger partial charge is 0.235 e. The highest BCUT2D eigenvalue weighted by Gasteiger charge is 2.43. The van der Waals surface area contributed by atoms with Gasteiger partial charge in [-0.15, -0.1) is 0 Å². The Balaban J connectivity index is 1.65. The quantitative estimate of drug-likeness (QED) is 0.870. The van der Waals surface area contributed by atoms with Crippen LogP contribution in [-0.4, -0.2) is 39.3 Å². The van der Waals surface area contributed by atoms with Gasteiger partial charge >= 0.3 is 0 Å². The third-order valence-corrected chi connectivity index (χ3v) is 5.81. The van der Waals surface area contributed by atoms with Crippen LogP contribution >= 0.6 is 11.6 Å². The van der Waals surface area contributed by atoms with Crippen molar-refractivity contribution in [2.75, 3.05) is 43.6 Å². The van der Waals surface area contributed by atoms with Crippen LogP contribution in [0.25, 0.3) is 0 Å². The molecule has 2 aromatic carbocycles. The zero-order chi connectivity index (χ0) is 18.9. The van der Waals surface area contributed by atoms with E-state index in [4.69, 9.17) is 21.1 Å². The first-order chi connectivity index (χ1) is 13.1. The number of fused-ring (bicyclic) bond motifs is 1. The number of carbonyl (C=O) groups excluding carboxylic acids is 1. The number of rotatable bonds is 3. The molecule has 0 unspecified atom stereocenters. The fourth-order valence-corrected chi connectivity index (χ4v) is 4.18. The van der Waals surface area contributed by atoms with Gasteiger partial charge in [0.2, 0.25) is 5.91 Å². The van der Waals surface area contributed by atoms with Gasteiger partial charge < -0.3 is 19.7 Å². The van der Waals surface area contributed by atoms with Crippen LogP contribution in [-0.2, 0) is 14.9 Å². The van der Waals surface area contributed by atoms with Gasteiger partial charge in [-0.05, 0) is 42.7 Å². The summed E-state index contributed by atoms with van der Waals surface area (Å²) in [5.41, 5.74) is 1.92. The lowest BCUT2D eigenvalue weighted by Crippen LogP contribution is -2.45. The topological polar surface area (TPSA) is 50.8 Å². The molecule has 142 valence electrons. The number of benzene rings is 2. The Labute approximate surface area is 164 Å². The van der Waals surface area contributed by atoms with Crippen LogP contribution in [0.3, 0.4) is 0 Å². The normalized spacial score (nSPS) is 18.4. The maximum Gasteiger partial charge on any atom is 0.235 e. The Morgan fingerprint density at radius 1 is 1.15 bits per heavy atom. The van der Waals surface area contributed by atoms with Crippen molar-refractivity contribution < 1.29 is 14.3 Å². The van der Waals surface area contributed by atoms with Gasteiger partial charge in [0.1, 0.15) is 12.4 Å². The van der Waals surface area contributed by atoms with Crippen molar-refractivity contribution in [3.63, 3.8) is 0 Å². The molecule has 6 heteroatoms. The first-order valence-corrected chi connectivity index (χ1v) is 9.60. The third-order valence-electron chi connectivity index (χ3n) is 5.48. The van der Waals surface area contributed by atoms with Crippen molar-refractivity contribution in [1.29, 1.82) is 0 Å². The molecule has 2 heterocycles. The van der Waals surface area contributed by atoms with Crippen molar-refractivity contribution in [2.24, 2.45) is 0 Å². The van der Waals surface area contributed by atoms with E-state index in [2.05, 4.69) is 10.2 Å². The number of amides is 1. The average Bonchev–Trinajstić information content (AvgIpc) is 2.69. The van der Waals surface area contributed by atoms with Crippen LogP contribution in [0.1, 0.15) is 18.4 Å². The second-order valence-corrected chi connectivity index (χ2v) is 7.49. The Hall–Kier alpha value is -2.24. The zero-order valence-electron chi connectivity index (χ0n) is 15.3.